The number of aryl methyl sites for hydroxylation is 2. The van der Waals surface area contributed by atoms with E-state index in [1.807, 2.05) is 43.6 Å². The van der Waals surface area contributed by atoms with Crippen LogP contribution in [0, 0.1) is 0 Å². The monoisotopic (exact) mass is 506 g/mol. The van der Waals surface area contributed by atoms with Crippen molar-refractivity contribution < 1.29 is 9.53 Å². The van der Waals surface area contributed by atoms with Gasteiger partial charge in [-0.1, -0.05) is 0 Å². The van der Waals surface area contributed by atoms with Crippen LogP contribution in [-0.2, 0) is 23.0 Å². The standard InChI is InChI=1S/C28H30N2O2Se/c1-3-32-28(31)26(33-22-13-5-4-6-14-22)18-10-8-16-24-23-15-7-9-17-25(23)30(2)27(24)21-12-11-19-29-20-21/h4-7,9,11-15,17,19-20,26H,3,8,10,16,18H2,1-2H3. The molecule has 0 radical (unpaired) electrons. The maximum absolute atomic E-state index is 12.6. The normalized spacial score (nSPS) is 12.1. The van der Waals surface area contributed by atoms with E-state index in [1.54, 1.807) is 0 Å². The van der Waals surface area contributed by atoms with Gasteiger partial charge < -0.3 is 0 Å². The topological polar surface area (TPSA) is 44.1 Å². The summed E-state index contributed by atoms with van der Waals surface area (Å²) >= 11 is 0.0772. The van der Waals surface area contributed by atoms with E-state index >= 15 is 0 Å². The van der Waals surface area contributed by atoms with Crippen LogP contribution >= 0.6 is 0 Å². The second-order valence-corrected chi connectivity index (χ2v) is 10.7. The molecule has 2 aromatic carbocycles. The zero-order chi connectivity index (χ0) is 23.0. The van der Waals surface area contributed by atoms with Crippen LogP contribution in [0.1, 0.15) is 31.7 Å². The molecule has 5 heteroatoms. The number of rotatable bonds is 10. The van der Waals surface area contributed by atoms with E-state index in [0.717, 1.165) is 31.2 Å². The first-order valence-electron chi connectivity index (χ1n) is 11.5. The molecule has 33 heavy (non-hydrogen) atoms. The maximum atomic E-state index is 12.6. The summed E-state index contributed by atoms with van der Waals surface area (Å²) in [5, 5.41) is 1.30. The number of carbonyl (C=O) groups excluding carboxylic acids is 1. The Labute approximate surface area is 202 Å². The molecule has 2 aromatic heterocycles. The SMILES string of the molecule is CCOC(=O)C(CCCCc1c(-c2cccnc2)n(C)c2ccccc12)[Se]c1ccccc1. The van der Waals surface area contributed by atoms with Crippen LogP contribution in [0.3, 0.4) is 0 Å². The van der Waals surface area contributed by atoms with Crippen molar-refractivity contribution in [3.63, 3.8) is 0 Å². The van der Waals surface area contributed by atoms with E-state index in [4.69, 9.17) is 4.74 Å². The summed E-state index contributed by atoms with van der Waals surface area (Å²) in [4.78, 5) is 16.9. The van der Waals surface area contributed by atoms with Crippen molar-refractivity contribution in [1.82, 2.24) is 9.55 Å². The molecule has 1 unspecified atom stereocenters. The predicted molar refractivity (Wildman–Crippen MR) is 136 cm³/mol. The van der Waals surface area contributed by atoms with Crippen LogP contribution in [0.5, 0.6) is 0 Å². The van der Waals surface area contributed by atoms with Gasteiger partial charge in [0.05, 0.1) is 0 Å². The van der Waals surface area contributed by atoms with E-state index in [9.17, 15) is 4.79 Å². The van der Waals surface area contributed by atoms with Gasteiger partial charge in [-0.05, 0) is 0 Å². The van der Waals surface area contributed by atoms with Crippen molar-refractivity contribution in [2.75, 3.05) is 6.61 Å². The first kappa shape index (κ1) is 23.3. The van der Waals surface area contributed by atoms with E-state index < -0.39 is 0 Å². The molecule has 0 aliphatic heterocycles. The third kappa shape index (κ3) is 5.55. The minimum atomic E-state index is -0.0532. The van der Waals surface area contributed by atoms with Crippen LogP contribution in [0.25, 0.3) is 22.2 Å². The molecule has 4 nitrogen and oxygen atoms in total. The Morgan fingerprint density at radius 1 is 1.03 bits per heavy atom. The number of para-hydroxylation sites is 1. The Balaban J connectivity index is 1.49. The van der Waals surface area contributed by atoms with Gasteiger partial charge in [0.25, 0.3) is 0 Å². The van der Waals surface area contributed by atoms with E-state index in [2.05, 4.69) is 59.1 Å². The summed E-state index contributed by atoms with van der Waals surface area (Å²) in [6, 6.07) is 23.0. The van der Waals surface area contributed by atoms with Crippen molar-refractivity contribution >= 4 is 36.3 Å². The molecule has 4 aromatic rings. The van der Waals surface area contributed by atoms with Crippen LogP contribution in [0.4, 0.5) is 0 Å². The van der Waals surface area contributed by atoms with Gasteiger partial charge in [-0.15, -0.1) is 0 Å². The molecule has 2 heterocycles. The minimum absolute atomic E-state index is 0.0369. The molecule has 0 bridgehead atoms. The molecule has 0 aliphatic carbocycles. The number of nitrogens with zero attached hydrogens (tertiary/aromatic N) is 2. The summed E-state index contributed by atoms with van der Waals surface area (Å²) in [6.07, 6.45) is 7.61. The predicted octanol–water partition coefficient (Wildman–Crippen LogP) is 5.33. The van der Waals surface area contributed by atoms with Crippen molar-refractivity contribution in [3.8, 4) is 11.3 Å². The second kappa shape index (κ2) is 11.3. The van der Waals surface area contributed by atoms with Crippen LogP contribution in [0.15, 0.2) is 79.1 Å². The van der Waals surface area contributed by atoms with Crippen LogP contribution in [0.2, 0.25) is 4.82 Å². The number of benzene rings is 2. The Kier molecular flexibility index (Phi) is 7.98. The van der Waals surface area contributed by atoms with Crippen molar-refractivity contribution in [2.45, 2.75) is 37.4 Å². The molecule has 0 N–H and O–H groups in total. The quantitative estimate of drug-likeness (QED) is 0.166. The molecule has 0 spiro atoms. The Morgan fingerprint density at radius 2 is 1.82 bits per heavy atom. The number of unbranched alkanes of at least 4 members (excludes halogenated alkanes) is 1. The summed E-state index contributed by atoms with van der Waals surface area (Å²) in [7, 11) is 2.13. The fraction of sp³-hybridized carbons (Fsp3) is 0.286. The average molecular weight is 506 g/mol. The molecule has 170 valence electrons. The summed E-state index contributed by atoms with van der Waals surface area (Å²) in [5.74, 6) is -0.0532. The second-order valence-electron chi connectivity index (χ2n) is 8.06. The Morgan fingerprint density at radius 3 is 2.58 bits per heavy atom. The fourth-order valence-electron chi connectivity index (χ4n) is 4.35. The molecular formula is C28H30N2O2Se. The van der Waals surface area contributed by atoms with E-state index in [-0.39, 0.29) is 25.7 Å². The molecule has 0 aliphatic rings. The number of ether oxygens (including phenoxy) is 1. The first-order chi connectivity index (χ1) is 16.2. The molecule has 1 atom stereocenters. The van der Waals surface area contributed by atoms with Gasteiger partial charge >= 0.3 is 202 Å². The Bertz CT molecular complexity index is 1190. The van der Waals surface area contributed by atoms with Crippen LogP contribution < -0.4 is 4.46 Å². The molecule has 0 fully saturated rings. The van der Waals surface area contributed by atoms with Crippen molar-refractivity contribution in [1.29, 1.82) is 0 Å². The van der Waals surface area contributed by atoms with Crippen molar-refractivity contribution in [3.05, 3.63) is 84.7 Å². The number of carbonyl (C=O) groups is 1. The molecule has 0 saturated heterocycles. The van der Waals surface area contributed by atoms with Gasteiger partial charge in [-0.3, -0.25) is 0 Å². The van der Waals surface area contributed by atoms with Gasteiger partial charge in [0.1, 0.15) is 0 Å². The van der Waals surface area contributed by atoms with E-state index in [0.29, 0.717) is 6.61 Å². The van der Waals surface area contributed by atoms with Gasteiger partial charge in [0, 0.05) is 0 Å². The third-order valence-electron chi connectivity index (χ3n) is 5.86. The van der Waals surface area contributed by atoms with Gasteiger partial charge in [-0.2, -0.15) is 0 Å². The third-order valence-corrected chi connectivity index (χ3v) is 8.50. The number of hydrogen-bond acceptors (Lipinski definition) is 3. The number of pyridine rings is 1. The van der Waals surface area contributed by atoms with Gasteiger partial charge in [0.2, 0.25) is 0 Å². The van der Waals surface area contributed by atoms with E-state index in [1.165, 1.54) is 26.6 Å². The summed E-state index contributed by atoms with van der Waals surface area (Å²) < 4.78 is 8.92. The number of fused-ring (bicyclic) bond motifs is 1. The molecule has 0 amide bonds. The summed E-state index contributed by atoms with van der Waals surface area (Å²) in [5.41, 5.74) is 4.98. The average Bonchev–Trinajstić information content (AvgIpc) is 3.14. The number of esters is 1. The zero-order valence-corrected chi connectivity index (χ0v) is 21.0. The Hall–Kier alpha value is -2.88. The van der Waals surface area contributed by atoms with Crippen LogP contribution in [-0.4, -0.2) is 37.1 Å². The number of hydrogen-bond donors (Lipinski definition) is 0. The first-order valence-corrected chi connectivity index (χ1v) is 13.4. The summed E-state index contributed by atoms with van der Waals surface area (Å²) in [6.45, 7) is 2.32. The fourth-order valence-corrected chi connectivity index (χ4v) is 6.64. The zero-order valence-electron chi connectivity index (χ0n) is 19.2. The molecule has 0 saturated carbocycles. The van der Waals surface area contributed by atoms with Gasteiger partial charge in [0.15, 0.2) is 0 Å². The van der Waals surface area contributed by atoms with Gasteiger partial charge in [-0.25, -0.2) is 0 Å². The molecular weight excluding hydrogens is 475 g/mol. The van der Waals surface area contributed by atoms with Crippen molar-refractivity contribution in [2.24, 2.45) is 7.05 Å². The number of aromatic nitrogens is 2. The molecule has 4 rings (SSSR count).